The molecule has 0 spiro atoms. The van der Waals surface area contributed by atoms with Crippen LogP contribution in [-0.4, -0.2) is 12.5 Å². The van der Waals surface area contributed by atoms with E-state index in [2.05, 4.69) is 21.2 Å². The van der Waals surface area contributed by atoms with Gasteiger partial charge in [0.1, 0.15) is 5.75 Å². The van der Waals surface area contributed by atoms with Crippen LogP contribution in [0.2, 0.25) is 5.02 Å². The Labute approximate surface area is 143 Å². The van der Waals surface area contributed by atoms with E-state index in [1.54, 1.807) is 12.1 Å². The summed E-state index contributed by atoms with van der Waals surface area (Å²) in [6.07, 6.45) is 0.814. The molecule has 0 bridgehead atoms. The summed E-state index contributed by atoms with van der Waals surface area (Å²) in [6.45, 7) is 1.97. The molecule has 1 amide bonds. The maximum Gasteiger partial charge on any atom is 0.258 e. The minimum Gasteiger partial charge on any atom is -0.482 e. The fraction of sp³-hybridized carbons (Fsp3) is 0.235. The number of ether oxygens (including phenoxy) is 1. The lowest BCUT2D eigenvalue weighted by Gasteiger charge is -2.17. The fourth-order valence-electron chi connectivity index (χ4n) is 2.08. The van der Waals surface area contributed by atoms with Gasteiger partial charge in [0.15, 0.2) is 6.61 Å². The number of carbonyl (C=O) groups excluding carboxylic acids is 1. The van der Waals surface area contributed by atoms with Crippen LogP contribution in [0.25, 0.3) is 0 Å². The van der Waals surface area contributed by atoms with Crippen LogP contribution >= 0.6 is 27.5 Å². The molecular formula is C17H17BrClNO2. The first-order valence-electron chi connectivity index (χ1n) is 7.02. The Balaban J connectivity index is 1.92. The van der Waals surface area contributed by atoms with Gasteiger partial charge in [-0.25, -0.2) is 0 Å². The van der Waals surface area contributed by atoms with E-state index in [0.29, 0.717) is 10.8 Å². The fourth-order valence-corrected chi connectivity index (χ4v) is 2.81. The van der Waals surface area contributed by atoms with Crippen molar-refractivity contribution in [1.82, 2.24) is 5.32 Å². The molecule has 116 valence electrons. The quantitative estimate of drug-likeness (QED) is 0.783. The second kappa shape index (κ2) is 8.20. The molecule has 0 saturated carbocycles. The van der Waals surface area contributed by atoms with Crippen molar-refractivity contribution in [3.8, 4) is 5.75 Å². The van der Waals surface area contributed by atoms with Gasteiger partial charge < -0.3 is 10.1 Å². The van der Waals surface area contributed by atoms with Crippen LogP contribution in [0.3, 0.4) is 0 Å². The van der Waals surface area contributed by atoms with Crippen molar-refractivity contribution in [2.24, 2.45) is 0 Å². The average Bonchev–Trinajstić information content (AvgIpc) is 2.52. The summed E-state index contributed by atoms with van der Waals surface area (Å²) in [6, 6.07) is 15.1. The van der Waals surface area contributed by atoms with E-state index in [9.17, 15) is 4.79 Å². The SMILES string of the molecule is CCC(NC(=O)COc1ccc(Br)cc1Cl)c1ccccc1. The van der Waals surface area contributed by atoms with E-state index in [1.807, 2.05) is 43.3 Å². The van der Waals surface area contributed by atoms with Gasteiger partial charge in [-0.05, 0) is 30.2 Å². The van der Waals surface area contributed by atoms with Gasteiger partial charge in [0, 0.05) is 4.47 Å². The number of hydrogen-bond donors (Lipinski definition) is 1. The van der Waals surface area contributed by atoms with Gasteiger partial charge in [0.25, 0.3) is 5.91 Å². The van der Waals surface area contributed by atoms with Gasteiger partial charge in [0.2, 0.25) is 0 Å². The van der Waals surface area contributed by atoms with Crippen molar-refractivity contribution in [3.05, 3.63) is 63.6 Å². The van der Waals surface area contributed by atoms with Crippen LogP contribution in [0, 0.1) is 0 Å². The van der Waals surface area contributed by atoms with Gasteiger partial charge in [-0.2, -0.15) is 0 Å². The zero-order valence-electron chi connectivity index (χ0n) is 12.2. The molecule has 0 saturated heterocycles. The standard InChI is InChI=1S/C17H17BrClNO2/c1-2-15(12-6-4-3-5-7-12)20-17(21)11-22-16-9-8-13(18)10-14(16)19/h3-10,15H,2,11H2,1H3,(H,20,21). The van der Waals surface area contributed by atoms with E-state index in [-0.39, 0.29) is 18.6 Å². The highest BCUT2D eigenvalue weighted by Gasteiger charge is 2.13. The third kappa shape index (κ3) is 4.75. The Hall–Kier alpha value is -1.52. The molecule has 0 aliphatic heterocycles. The molecule has 5 heteroatoms. The molecule has 2 aromatic carbocycles. The monoisotopic (exact) mass is 381 g/mol. The van der Waals surface area contributed by atoms with Gasteiger partial charge >= 0.3 is 0 Å². The highest BCUT2D eigenvalue weighted by molar-refractivity contribution is 9.10. The second-order valence-electron chi connectivity index (χ2n) is 4.80. The second-order valence-corrected chi connectivity index (χ2v) is 6.13. The Bertz CT molecular complexity index is 634. The largest absolute Gasteiger partial charge is 0.482 e. The summed E-state index contributed by atoms with van der Waals surface area (Å²) < 4.78 is 6.34. The maximum absolute atomic E-state index is 12.0. The van der Waals surface area contributed by atoms with Crippen molar-refractivity contribution in [1.29, 1.82) is 0 Å². The van der Waals surface area contributed by atoms with E-state index < -0.39 is 0 Å². The molecule has 3 nitrogen and oxygen atoms in total. The van der Waals surface area contributed by atoms with Crippen molar-refractivity contribution in [3.63, 3.8) is 0 Å². The maximum atomic E-state index is 12.0. The molecule has 0 fully saturated rings. The average molecular weight is 383 g/mol. The summed E-state index contributed by atoms with van der Waals surface area (Å²) in [5, 5.41) is 3.44. The minimum absolute atomic E-state index is 0.0160. The lowest BCUT2D eigenvalue weighted by molar-refractivity contribution is -0.123. The van der Waals surface area contributed by atoms with Crippen LogP contribution in [0.5, 0.6) is 5.75 Å². The number of nitrogens with one attached hydrogen (secondary N) is 1. The van der Waals surface area contributed by atoms with Crippen LogP contribution in [-0.2, 0) is 4.79 Å². The van der Waals surface area contributed by atoms with E-state index in [4.69, 9.17) is 16.3 Å². The summed E-state index contributed by atoms with van der Waals surface area (Å²) >= 11 is 9.38. The van der Waals surface area contributed by atoms with E-state index >= 15 is 0 Å². The molecular weight excluding hydrogens is 366 g/mol. The van der Waals surface area contributed by atoms with Crippen LogP contribution in [0.15, 0.2) is 53.0 Å². The van der Waals surface area contributed by atoms with E-state index in [0.717, 1.165) is 16.5 Å². The van der Waals surface area contributed by atoms with Gasteiger partial charge in [-0.15, -0.1) is 0 Å². The number of rotatable bonds is 6. The van der Waals surface area contributed by atoms with Gasteiger partial charge in [-0.1, -0.05) is 64.8 Å². The number of hydrogen-bond acceptors (Lipinski definition) is 2. The summed E-state index contributed by atoms with van der Waals surface area (Å²) in [5.74, 6) is 0.322. The summed E-state index contributed by atoms with van der Waals surface area (Å²) in [7, 11) is 0. The third-order valence-electron chi connectivity index (χ3n) is 3.20. The molecule has 22 heavy (non-hydrogen) atoms. The molecule has 1 atom stereocenters. The van der Waals surface area contributed by atoms with Crippen LogP contribution in [0.4, 0.5) is 0 Å². The lowest BCUT2D eigenvalue weighted by Crippen LogP contribution is -2.32. The van der Waals surface area contributed by atoms with Crippen molar-refractivity contribution in [2.75, 3.05) is 6.61 Å². The Morgan fingerprint density at radius 2 is 2.00 bits per heavy atom. The number of benzene rings is 2. The molecule has 0 heterocycles. The van der Waals surface area contributed by atoms with Crippen LogP contribution in [0.1, 0.15) is 24.9 Å². The summed E-state index contributed by atoms with van der Waals surface area (Å²) in [4.78, 5) is 12.0. The highest BCUT2D eigenvalue weighted by atomic mass is 79.9. The lowest BCUT2D eigenvalue weighted by atomic mass is 10.0. The zero-order chi connectivity index (χ0) is 15.9. The molecule has 0 radical (unpaired) electrons. The first-order chi connectivity index (χ1) is 10.6. The van der Waals surface area contributed by atoms with E-state index in [1.165, 1.54) is 0 Å². The Morgan fingerprint density at radius 1 is 1.27 bits per heavy atom. The van der Waals surface area contributed by atoms with Crippen molar-refractivity contribution < 1.29 is 9.53 Å². The van der Waals surface area contributed by atoms with Gasteiger partial charge in [0.05, 0.1) is 11.1 Å². The van der Waals surface area contributed by atoms with Gasteiger partial charge in [-0.3, -0.25) is 4.79 Å². The first kappa shape index (κ1) is 16.8. The molecule has 2 rings (SSSR count). The van der Waals surface area contributed by atoms with Crippen molar-refractivity contribution >= 4 is 33.4 Å². The zero-order valence-corrected chi connectivity index (χ0v) is 14.5. The first-order valence-corrected chi connectivity index (χ1v) is 8.19. The van der Waals surface area contributed by atoms with Crippen LogP contribution < -0.4 is 10.1 Å². The molecule has 2 aromatic rings. The number of halogens is 2. The Kier molecular flexibility index (Phi) is 6.28. The predicted octanol–water partition coefficient (Wildman–Crippen LogP) is 4.75. The highest BCUT2D eigenvalue weighted by Crippen LogP contribution is 2.27. The number of carbonyl (C=O) groups is 1. The topological polar surface area (TPSA) is 38.3 Å². The number of amides is 1. The smallest absolute Gasteiger partial charge is 0.258 e. The third-order valence-corrected chi connectivity index (χ3v) is 3.99. The Morgan fingerprint density at radius 3 is 2.64 bits per heavy atom. The molecule has 1 unspecified atom stereocenters. The van der Waals surface area contributed by atoms with Crippen molar-refractivity contribution in [2.45, 2.75) is 19.4 Å². The normalized spacial score (nSPS) is 11.8. The summed E-state index contributed by atoms with van der Waals surface area (Å²) in [5.41, 5.74) is 1.08. The molecule has 1 N–H and O–H groups in total. The predicted molar refractivity (Wildman–Crippen MR) is 92.3 cm³/mol. The molecule has 0 aromatic heterocycles. The molecule has 0 aliphatic carbocycles. The minimum atomic E-state index is -0.172. The molecule has 0 aliphatic rings.